The Bertz CT molecular complexity index is 1470. The van der Waals surface area contributed by atoms with E-state index in [-0.39, 0.29) is 30.3 Å². The first-order chi connectivity index (χ1) is 16.8. The number of para-hydroxylation sites is 2. The maximum absolute atomic E-state index is 13.2. The number of nitrogens with zero attached hydrogens (tertiary/aromatic N) is 3. The molecule has 0 fully saturated rings. The lowest BCUT2D eigenvalue weighted by atomic mass is 10.1. The molecule has 180 valence electrons. The fourth-order valence-corrected chi connectivity index (χ4v) is 3.95. The van der Waals surface area contributed by atoms with Crippen molar-refractivity contribution < 1.29 is 18.7 Å². The van der Waals surface area contributed by atoms with E-state index < -0.39 is 11.5 Å². The molecule has 2 aromatic heterocycles. The number of carbonyl (C=O) groups excluding carboxylic acids is 2. The fraction of sp³-hybridized carbons (Fsp3) is 0.200. The predicted molar refractivity (Wildman–Crippen MR) is 128 cm³/mol. The van der Waals surface area contributed by atoms with Crippen LogP contribution in [0.25, 0.3) is 5.52 Å². The SMILES string of the molecule is COc1ccccc1NC(=O)Cn1ncn2c(C)c(C(=O)NCc3ccc(F)cc3)c(C)c2c1=O. The van der Waals surface area contributed by atoms with E-state index in [4.69, 9.17) is 4.74 Å². The summed E-state index contributed by atoms with van der Waals surface area (Å²) in [6.45, 7) is 3.28. The summed E-state index contributed by atoms with van der Waals surface area (Å²) in [6, 6.07) is 12.7. The molecular weight excluding hydrogens is 453 g/mol. The van der Waals surface area contributed by atoms with Gasteiger partial charge in [-0.15, -0.1) is 0 Å². The van der Waals surface area contributed by atoms with E-state index in [1.807, 2.05) is 0 Å². The van der Waals surface area contributed by atoms with Gasteiger partial charge in [0.15, 0.2) is 0 Å². The number of aromatic nitrogens is 3. The number of hydrogen-bond acceptors (Lipinski definition) is 5. The fourth-order valence-electron chi connectivity index (χ4n) is 3.95. The summed E-state index contributed by atoms with van der Waals surface area (Å²) in [5.41, 5.74) is 2.35. The second-order valence-corrected chi connectivity index (χ2v) is 7.96. The molecule has 0 unspecified atom stereocenters. The smallest absolute Gasteiger partial charge is 0.291 e. The van der Waals surface area contributed by atoms with Crippen LogP contribution in [0.3, 0.4) is 0 Å². The maximum atomic E-state index is 13.2. The number of rotatable bonds is 7. The number of anilines is 1. The summed E-state index contributed by atoms with van der Waals surface area (Å²) in [5.74, 6) is -0.684. The van der Waals surface area contributed by atoms with Crippen molar-refractivity contribution in [3.05, 3.63) is 93.4 Å². The van der Waals surface area contributed by atoms with Crippen molar-refractivity contribution in [3.8, 4) is 5.75 Å². The van der Waals surface area contributed by atoms with Gasteiger partial charge in [0.25, 0.3) is 11.5 Å². The molecule has 0 atom stereocenters. The molecule has 2 aromatic carbocycles. The molecular formula is C25H24FN5O4. The molecule has 0 aliphatic heterocycles. The third-order valence-electron chi connectivity index (χ3n) is 5.71. The van der Waals surface area contributed by atoms with E-state index in [1.165, 1.54) is 25.6 Å². The number of amides is 2. The molecule has 0 aliphatic rings. The molecule has 35 heavy (non-hydrogen) atoms. The van der Waals surface area contributed by atoms with Gasteiger partial charge in [-0.1, -0.05) is 24.3 Å². The number of fused-ring (bicyclic) bond motifs is 1. The second kappa shape index (κ2) is 9.80. The van der Waals surface area contributed by atoms with Crippen LogP contribution in [0.1, 0.15) is 27.2 Å². The van der Waals surface area contributed by atoms with Crippen LogP contribution in [0.5, 0.6) is 5.75 Å². The van der Waals surface area contributed by atoms with E-state index >= 15 is 0 Å². The number of ether oxygens (including phenoxy) is 1. The summed E-state index contributed by atoms with van der Waals surface area (Å²) in [5, 5.41) is 9.63. The number of aryl methyl sites for hydroxylation is 2. The molecule has 0 saturated heterocycles. The van der Waals surface area contributed by atoms with Crippen molar-refractivity contribution in [1.82, 2.24) is 19.5 Å². The summed E-state index contributed by atoms with van der Waals surface area (Å²) in [6.07, 6.45) is 1.41. The predicted octanol–water partition coefficient (Wildman–Crippen LogP) is 2.83. The zero-order chi connectivity index (χ0) is 25.1. The lowest BCUT2D eigenvalue weighted by Gasteiger charge is -2.10. The third kappa shape index (κ3) is 4.77. The minimum Gasteiger partial charge on any atom is -0.495 e. The number of methoxy groups -OCH3 is 1. The van der Waals surface area contributed by atoms with Gasteiger partial charge in [-0.05, 0) is 49.2 Å². The van der Waals surface area contributed by atoms with Crippen molar-refractivity contribution in [1.29, 1.82) is 0 Å². The molecule has 0 spiro atoms. The van der Waals surface area contributed by atoms with Crippen molar-refractivity contribution in [2.75, 3.05) is 12.4 Å². The number of benzene rings is 2. The van der Waals surface area contributed by atoms with Gasteiger partial charge in [-0.2, -0.15) is 5.10 Å². The summed E-state index contributed by atoms with van der Waals surface area (Å²) in [4.78, 5) is 38.7. The molecule has 4 aromatic rings. The van der Waals surface area contributed by atoms with Crippen molar-refractivity contribution in [2.24, 2.45) is 0 Å². The molecule has 9 nitrogen and oxygen atoms in total. The summed E-state index contributed by atoms with van der Waals surface area (Å²) < 4.78 is 20.9. The highest BCUT2D eigenvalue weighted by Crippen LogP contribution is 2.23. The molecule has 0 bridgehead atoms. The van der Waals surface area contributed by atoms with Gasteiger partial charge in [0, 0.05) is 12.2 Å². The minimum absolute atomic E-state index is 0.204. The summed E-state index contributed by atoms with van der Waals surface area (Å²) >= 11 is 0. The Labute approximate surface area is 200 Å². The number of carbonyl (C=O) groups is 2. The van der Waals surface area contributed by atoms with Crippen molar-refractivity contribution in [2.45, 2.75) is 26.9 Å². The Morgan fingerprint density at radius 1 is 1.09 bits per heavy atom. The van der Waals surface area contributed by atoms with E-state index in [2.05, 4.69) is 15.7 Å². The minimum atomic E-state index is -0.499. The summed E-state index contributed by atoms with van der Waals surface area (Å²) in [7, 11) is 1.50. The van der Waals surface area contributed by atoms with Crippen LogP contribution in [0.4, 0.5) is 10.1 Å². The van der Waals surface area contributed by atoms with E-state index in [0.717, 1.165) is 10.2 Å². The molecule has 2 heterocycles. The van der Waals surface area contributed by atoms with Gasteiger partial charge in [-0.25, -0.2) is 9.07 Å². The highest BCUT2D eigenvalue weighted by Gasteiger charge is 2.22. The van der Waals surface area contributed by atoms with Crippen LogP contribution >= 0.6 is 0 Å². The molecule has 10 heteroatoms. The molecule has 0 aliphatic carbocycles. The van der Waals surface area contributed by atoms with Crippen LogP contribution < -0.4 is 20.9 Å². The monoisotopic (exact) mass is 477 g/mol. The van der Waals surface area contributed by atoms with Gasteiger partial charge < -0.3 is 15.4 Å². The number of nitrogens with one attached hydrogen (secondary N) is 2. The molecule has 0 saturated carbocycles. The van der Waals surface area contributed by atoms with E-state index in [1.54, 1.807) is 54.6 Å². The number of halogens is 1. The average Bonchev–Trinajstić information content (AvgIpc) is 3.10. The Hall–Kier alpha value is -4.47. The molecule has 2 amide bonds. The first kappa shape index (κ1) is 23.7. The first-order valence-electron chi connectivity index (χ1n) is 10.8. The van der Waals surface area contributed by atoms with E-state index in [9.17, 15) is 18.8 Å². The molecule has 2 N–H and O–H groups in total. The van der Waals surface area contributed by atoms with Crippen LogP contribution in [0, 0.1) is 19.7 Å². The quantitative estimate of drug-likeness (QED) is 0.426. The first-order valence-corrected chi connectivity index (χ1v) is 10.8. The van der Waals surface area contributed by atoms with Gasteiger partial charge in [0.2, 0.25) is 5.91 Å². The highest BCUT2D eigenvalue weighted by molar-refractivity contribution is 5.99. The van der Waals surface area contributed by atoms with Crippen LogP contribution in [-0.4, -0.2) is 33.1 Å². The Morgan fingerprint density at radius 2 is 1.80 bits per heavy atom. The highest BCUT2D eigenvalue weighted by atomic mass is 19.1. The van der Waals surface area contributed by atoms with Crippen LogP contribution in [-0.2, 0) is 17.9 Å². The number of hydrogen-bond donors (Lipinski definition) is 2. The Kier molecular flexibility index (Phi) is 6.63. The van der Waals surface area contributed by atoms with Gasteiger partial charge in [-0.3, -0.25) is 18.8 Å². The molecule has 0 radical (unpaired) electrons. The Balaban J connectivity index is 1.57. The van der Waals surface area contributed by atoms with E-state index in [0.29, 0.717) is 28.3 Å². The Morgan fingerprint density at radius 3 is 2.51 bits per heavy atom. The largest absolute Gasteiger partial charge is 0.495 e. The van der Waals surface area contributed by atoms with Crippen LogP contribution in [0.2, 0.25) is 0 Å². The standard InChI is InChI=1S/C25H24FN5O4/c1-15-22(24(33)27-12-17-8-10-18(26)11-9-17)16(2)30-14-28-31(25(34)23(15)30)13-21(32)29-19-6-4-5-7-20(19)35-3/h4-11,14H,12-13H2,1-3H3,(H,27,33)(H,29,32). The van der Waals surface area contributed by atoms with Gasteiger partial charge in [0.1, 0.15) is 30.0 Å². The average molecular weight is 477 g/mol. The van der Waals surface area contributed by atoms with Gasteiger partial charge >= 0.3 is 0 Å². The third-order valence-corrected chi connectivity index (χ3v) is 5.71. The van der Waals surface area contributed by atoms with Gasteiger partial charge in [0.05, 0.1) is 18.4 Å². The topological polar surface area (TPSA) is 107 Å². The van der Waals surface area contributed by atoms with Crippen molar-refractivity contribution in [3.63, 3.8) is 0 Å². The maximum Gasteiger partial charge on any atom is 0.291 e. The lowest BCUT2D eigenvalue weighted by molar-refractivity contribution is -0.117. The normalized spacial score (nSPS) is 10.9. The zero-order valence-electron chi connectivity index (χ0n) is 19.5. The van der Waals surface area contributed by atoms with Crippen molar-refractivity contribution >= 4 is 23.0 Å². The second-order valence-electron chi connectivity index (χ2n) is 7.96. The lowest BCUT2D eigenvalue weighted by Crippen LogP contribution is -2.31. The van der Waals surface area contributed by atoms with Crippen LogP contribution in [0.15, 0.2) is 59.7 Å². The molecule has 4 rings (SSSR count). The zero-order valence-corrected chi connectivity index (χ0v) is 19.5.